The molecule has 0 unspecified atom stereocenters. The maximum absolute atomic E-state index is 12.0. The van der Waals surface area contributed by atoms with Gasteiger partial charge in [0.2, 0.25) is 6.86 Å². The predicted octanol–water partition coefficient (Wildman–Crippen LogP) is 2.96. The van der Waals surface area contributed by atoms with Crippen LogP contribution in [0.5, 0.6) is 11.5 Å². The molecule has 0 amide bonds. The van der Waals surface area contributed by atoms with Crippen LogP contribution in [0.1, 0.15) is 0 Å². The van der Waals surface area contributed by atoms with Gasteiger partial charge in [0.15, 0.2) is 0 Å². The molecule has 0 aliphatic carbocycles. The minimum atomic E-state index is -4.76. The van der Waals surface area contributed by atoms with Crippen molar-refractivity contribution < 1.29 is 27.0 Å². The van der Waals surface area contributed by atoms with E-state index in [0.29, 0.717) is 5.69 Å². The van der Waals surface area contributed by atoms with Gasteiger partial charge in [-0.1, -0.05) is 0 Å². The van der Waals surface area contributed by atoms with E-state index in [1.807, 2.05) is 0 Å². The molecule has 1 rings (SSSR count). The molecular weight excluding hydrogens is 242 g/mol. The number of alkyl halides is 4. The first-order valence-corrected chi connectivity index (χ1v) is 4.59. The number of rotatable bonds is 4. The molecule has 0 aromatic heterocycles. The minimum absolute atomic E-state index is 0.145. The molecule has 3 nitrogen and oxygen atoms in total. The number of hydrogen-bond acceptors (Lipinski definition) is 3. The van der Waals surface area contributed by atoms with Crippen molar-refractivity contribution in [3.63, 3.8) is 0 Å². The highest BCUT2D eigenvalue weighted by Crippen LogP contribution is 2.33. The Morgan fingerprint density at radius 3 is 2.35 bits per heavy atom. The summed E-state index contributed by atoms with van der Waals surface area (Å²) < 4.78 is 56.4. The van der Waals surface area contributed by atoms with Crippen molar-refractivity contribution in [2.24, 2.45) is 0 Å². The van der Waals surface area contributed by atoms with Crippen LogP contribution in [0.25, 0.3) is 0 Å². The van der Waals surface area contributed by atoms with Crippen molar-refractivity contribution >= 4 is 5.69 Å². The monoisotopic (exact) mass is 253 g/mol. The summed E-state index contributed by atoms with van der Waals surface area (Å²) in [6.07, 6.45) is -4.76. The first kappa shape index (κ1) is 13.4. The molecule has 7 heteroatoms. The average molecular weight is 253 g/mol. The van der Waals surface area contributed by atoms with Gasteiger partial charge >= 0.3 is 6.36 Å². The molecule has 1 aromatic carbocycles. The van der Waals surface area contributed by atoms with Gasteiger partial charge in [-0.05, 0) is 12.1 Å². The normalized spacial score (nSPS) is 11.2. The highest BCUT2D eigenvalue weighted by atomic mass is 19.4. The molecule has 1 aromatic rings. The van der Waals surface area contributed by atoms with Gasteiger partial charge in [0.25, 0.3) is 0 Å². The Morgan fingerprint density at radius 2 is 1.88 bits per heavy atom. The summed E-state index contributed by atoms with van der Waals surface area (Å²) in [4.78, 5) is 1.49. The Balaban J connectivity index is 3.01. The first-order chi connectivity index (χ1) is 7.83. The van der Waals surface area contributed by atoms with Crippen LogP contribution in [0.3, 0.4) is 0 Å². The minimum Gasteiger partial charge on any atom is -0.461 e. The van der Waals surface area contributed by atoms with E-state index >= 15 is 0 Å². The van der Waals surface area contributed by atoms with Crippen molar-refractivity contribution in [1.82, 2.24) is 0 Å². The fraction of sp³-hybridized carbons (Fsp3) is 0.400. The number of nitrogens with zero attached hydrogens (tertiary/aromatic N) is 1. The van der Waals surface area contributed by atoms with Gasteiger partial charge in [0, 0.05) is 20.2 Å². The Hall–Kier alpha value is -1.66. The highest BCUT2D eigenvalue weighted by Gasteiger charge is 2.31. The Labute approximate surface area is 95.5 Å². The fourth-order valence-electron chi connectivity index (χ4n) is 1.22. The molecule has 0 radical (unpaired) electrons. The molecule has 17 heavy (non-hydrogen) atoms. The number of hydrogen-bond donors (Lipinski definition) is 0. The first-order valence-electron chi connectivity index (χ1n) is 4.59. The largest absolute Gasteiger partial charge is 0.573 e. The summed E-state index contributed by atoms with van der Waals surface area (Å²) >= 11 is 0. The number of halogens is 4. The molecule has 0 saturated carbocycles. The molecular formula is C10H11F4NO2. The van der Waals surface area contributed by atoms with E-state index in [1.165, 1.54) is 11.0 Å². The lowest BCUT2D eigenvalue weighted by molar-refractivity contribution is -0.274. The van der Waals surface area contributed by atoms with Gasteiger partial charge in [0.05, 0.1) is 5.69 Å². The highest BCUT2D eigenvalue weighted by molar-refractivity contribution is 5.60. The van der Waals surface area contributed by atoms with Gasteiger partial charge in [-0.25, -0.2) is 4.39 Å². The van der Waals surface area contributed by atoms with E-state index in [2.05, 4.69) is 9.47 Å². The topological polar surface area (TPSA) is 21.7 Å². The zero-order valence-electron chi connectivity index (χ0n) is 9.21. The van der Waals surface area contributed by atoms with Crippen LogP contribution in [0.4, 0.5) is 23.2 Å². The summed E-state index contributed by atoms with van der Waals surface area (Å²) in [6.45, 7) is -1.06. The third-order valence-electron chi connectivity index (χ3n) is 1.86. The second-order valence-corrected chi connectivity index (χ2v) is 3.33. The van der Waals surface area contributed by atoms with Crippen LogP contribution in [-0.2, 0) is 0 Å². The van der Waals surface area contributed by atoms with Gasteiger partial charge in [0.1, 0.15) is 11.5 Å². The van der Waals surface area contributed by atoms with Crippen LogP contribution in [0.2, 0.25) is 0 Å². The van der Waals surface area contributed by atoms with Crippen molar-refractivity contribution in [3.05, 3.63) is 18.2 Å². The van der Waals surface area contributed by atoms with Gasteiger partial charge < -0.3 is 14.4 Å². The van der Waals surface area contributed by atoms with Crippen LogP contribution < -0.4 is 14.4 Å². The van der Waals surface area contributed by atoms with Crippen LogP contribution >= 0.6 is 0 Å². The number of ether oxygens (including phenoxy) is 2. The lowest BCUT2D eigenvalue weighted by atomic mass is 10.2. The standard InChI is InChI=1S/C10H11F4NO2/c1-15(2)8-5-7(17-10(12,13)14)3-4-9(8)16-6-11/h3-5H,6H2,1-2H3. The molecule has 0 heterocycles. The van der Waals surface area contributed by atoms with Crippen molar-refractivity contribution in [1.29, 1.82) is 0 Å². The third kappa shape index (κ3) is 4.01. The molecule has 0 fully saturated rings. The Morgan fingerprint density at radius 1 is 1.24 bits per heavy atom. The summed E-state index contributed by atoms with van der Waals surface area (Å²) in [6, 6.07) is 3.40. The second-order valence-electron chi connectivity index (χ2n) is 3.33. The molecule has 0 spiro atoms. The van der Waals surface area contributed by atoms with Gasteiger partial charge in [-0.2, -0.15) is 0 Å². The third-order valence-corrected chi connectivity index (χ3v) is 1.86. The molecule has 0 atom stereocenters. The molecule has 0 aliphatic rings. The molecule has 0 N–H and O–H groups in total. The second kappa shape index (κ2) is 5.11. The lowest BCUT2D eigenvalue weighted by Crippen LogP contribution is -2.18. The Bertz CT molecular complexity index is 379. The van der Waals surface area contributed by atoms with E-state index < -0.39 is 13.2 Å². The van der Waals surface area contributed by atoms with E-state index in [1.54, 1.807) is 14.1 Å². The predicted molar refractivity (Wildman–Crippen MR) is 54.1 cm³/mol. The van der Waals surface area contributed by atoms with Crippen molar-refractivity contribution in [2.75, 3.05) is 25.9 Å². The summed E-state index contributed by atoms with van der Waals surface area (Å²) in [5.41, 5.74) is 0.296. The van der Waals surface area contributed by atoms with Gasteiger partial charge in [-0.3, -0.25) is 0 Å². The summed E-state index contributed by atoms with van der Waals surface area (Å²) in [5.74, 6) is -0.237. The number of benzene rings is 1. The van der Waals surface area contributed by atoms with Crippen LogP contribution in [0.15, 0.2) is 18.2 Å². The van der Waals surface area contributed by atoms with Gasteiger partial charge in [-0.15, -0.1) is 13.2 Å². The molecule has 0 aliphatic heterocycles. The van der Waals surface area contributed by atoms with E-state index in [-0.39, 0.29) is 11.5 Å². The smallest absolute Gasteiger partial charge is 0.461 e. The summed E-state index contributed by atoms with van der Waals surface area (Å²) in [5, 5.41) is 0. The molecule has 96 valence electrons. The van der Waals surface area contributed by atoms with Crippen LogP contribution in [0, 0.1) is 0 Å². The quantitative estimate of drug-likeness (QED) is 0.770. The zero-order valence-corrected chi connectivity index (χ0v) is 9.21. The van der Waals surface area contributed by atoms with E-state index in [4.69, 9.17) is 0 Å². The summed E-state index contributed by atoms with van der Waals surface area (Å²) in [7, 11) is 3.19. The molecule has 0 bridgehead atoms. The van der Waals surface area contributed by atoms with Crippen LogP contribution in [-0.4, -0.2) is 27.3 Å². The maximum atomic E-state index is 12.0. The zero-order chi connectivity index (χ0) is 13.1. The van der Waals surface area contributed by atoms with E-state index in [9.17, 15) is 17.6 Å². The van der Waals surface area contributed by atoms with E-state index in [0.717, 1.165) is 12.1 Å². The lowest BCUT2D eigenvalue weighted by Gasteiger charge is -2.18. The number of anilines is 1. The average Bonchev–Trinajstić information content (AvgIpc) is 2.18. The van der Waals surface area contributed by atoms with Crippen molar-refractivity contribution in [3.8, 4) is 11.5 Å². The van der Waals surface area contributed by atoms with Crippen molar-refractivity contribution in [2.45, 2.75) is 6.36 Å². The fourth-order valence-corrected chi connectivity index (χ4v) is 1.22. The SMILES string of the molecule is CN(C)c1cc(OC(F)(F)F)ccc1OCF. The maximum Gasteiger partial charge on any atom is 0.573 e. The molecule has 0 saturated heterocycles. The Kier molecular flexibility index (Phi) is 4.03.